The SMILES string of the molecule is CCOc1ccc(/C=N\NC(=O)[C@@H](Cc2ccccc2)NC(=O)[C@@H](C)Oc2ccc(Cl)cc2Cl)cc1OC. The van der Waals surface area contributed by atoms with E-state index in [1.54, 1.807) is 44.4 Å². The van der Waals surface area contributed by atoms with Crippen molar-refractivity contribution in [2.45, 2.75) is 32.4 Å². The second kappa shape index (κ2) is 14.3. The summed E-state index contributed by atoms with van der Waals surface area (Å²) in [5, 5.41) is 7.53. The number of rotatable bonds is 12. The molecule has 0 spiro atoms. The summed E-state index contributed by atoms with van der Waals surface area (Å²) in [7, 11) is 1.54. The molecular weight excluding hydrogens is 529 g/mol. The third-order valence-electron chi connectivity index (χ3n) is 5.36. The van der Waals surface area contributed by atoms with Gasteiger partial charge in [0.25, 0.3) is 11.8 Å². The second-order valence-electron chi connectivity index (χ2n) is 8.16. The van der Waals surface area contributed by atoms with Crippen molar-refractivity contribution in [3.63, 3.8) is 0 Å². The standard InChI is InChI=1S/C28H29Cl2N3O5/c1-4-37-25-12-10-20(15-26(25)36-3)17-31-33-28(35)23(14-19-8-6-5-7-9-19)32-27(34)18(2)38-24-13-11-21(29)16-22(24)30/h5-13,15-18,23H,4,14H2,1-3H3,(H,32,34)(H,33,35)/b31-17-/t18-,23-/m1/s1. The largest absolute Gasteiger partial charge is 0.493 e. The van der Waals surface area contributed by atoms with E-state index in [1.165, 1.54) is 12.3 Å². The molecule has 0 aliphatic rings. The number of hydrogen-bond donors (Lipinski definition) is 2. The maximum absolute atomic E-state index is 13.0. The van der Waals surface area contributed by atoms with Crippen LogP contribution in [0.15, 0.2) is 71.8 Å². The summed E-state index contributed by atoms with van der Waals surface area (Å²) < 4.78 is 16.6. The van der Waals surface area contributed by atoms with E-state index in [4.69, 9.17) is 37.4 Å². The van der Waals surface area contributed by atoms with Gasteiger partial charge in [-0.1, -0.05) is 53.5 Å². The van der Waals surface area contributed by atoms with Crippen LogP contribution >= 0.6 is 23.2 Å². The molecule has 3 aromatic rings. The van der Waals surface area contributed by atoms with Crippen LogP contribution in [0, 0.1) is 0 Å². The van der Waals surface area contributed by atoms with Crippen LogP contribution in [0.2, 0.25) is 10.0 Å². The summed E-state index contributed by atoms with van der Waals surface area (Å²) in [6, 6.07) is 18.4. The third kappa shape index (κ3) is 8.39. The number of methoxy groups -OCH3 is 1. The molecule has 0 radical (unpaired) electrons. The monoisotopic (exact) mass is 557 g/mol. The highest BCUT2D eigenvalue weighted by atomic mass is 35.5. The summed E-state index contributed by atoms with van der Waals surface area (Å²) >= 11 is 12.1. The zero-order chi connectivity index (χ0) is 27.5. The summed E-state index contributed by atoms with van der Waals surface area (Å²) in [6.45, 7) is 3.95. The lowest BCUT2D eigenvalue weighted by atomic mass is 10.1. The highest BCUT2D eigenvalue weighted by Crippen LogP contribution is 2.29. The normalized spacial score (nSPS) is 12.4. The van der Waals surface area contributed by atoms with Gasteiger partial charge >= 0.3 is 0 Å². The predicted octanol–water partition coefficient (Wildman–Crippen LogP) is 5.05. The Hall–Kier alpha value is -3.75. The van der Waals surface area contributed by atoms with Crippen molar-refractivity contribution in [3.8, 4) is 17.2 Å². The van der Waals surface area contributed by atoms with Gasteiger partial charge in [0, 0.05) is 11.4 Å². The van der Waals surface area contributed by atoms with Crippen LogP contribution in [-0.4, -0.2) is 43.9 Å². The van der Waals surface area contributed by atoms with Gasteiger partial charge in [0.1, 0.15) is 11.8 Å². The number of hydrazone groups is 1. The Morgan fingerprint density at radius 3 is 2.39 bits per heavy atom. The van der Waals surface area contributed by atoms with E-state index in [0.29, 0.717) is 34.4 Å². The lowest BCUT2D eigenvalue weighted by Crippen LogP contribution is -2.50. The van der Waals surface area contributed by atoms with Gasteiger partial charge in [0.05, 0.1) is 25.0 Å². The van der Waals surface area contributed by atoms with Gasteiger partial charge in [0.15, 0.2) is 17.6 Å². The number of nitrogens with one attached hydrogen (secondary N) is 2. The van der Waals surface area contributed by atoms with Crippen LogP contribution in [0.25, 0.3) is 0 Å². The van der Waals surface area contributed by atoms with Gasteiger partial charge in [-0.15, -0.1) is 0 Å². The number of hydrogen-bond acceptors (Lipinski definition) is 6. The van der Waals surface area contributed by atoms with E-state index in [0.717, 1.165) is 5.56 Å². The summed E-state index contributed by atoms with van der Waals surface area (Å²) in [4.78, 5) is 26.0. The van der Waals surface area contributed by atoms with Crippen molar-refractivity contribution >= 4 is 41.2 Å². The molecule has 0 fully saturated rings. The zero-order valence-corrected chi connectivity index (χ0v) is 22.8. The molecule has 0 heterocycles. The fourth-order valence-corrected chi connectivity index (χ4v) is 3.90. The minimum Gasteiger partial charge on any atom is -0.493 e. The Morgan fingerprint density at radius 2 is 1.71 bits per heavy atom. The number of carbonyl (C=O) groups is 2. The van der Waals surface area contributed by atoms with Gasteiger partial charge in [-0.2, -0.15) is 5.10 Å². The van der Waals surface area contributed by atoms with Crippen molar-refractivity contribution in [1.82, 2.24) is 10.7 Å². The Balaban J connectivity index is 1.69. The van der Waals surface area contributed by atoms with E-state index in [-0.39, 0.29) is 11.4 Å². The number of amides is 2. The van der Waals surface area contributed by atoms with Gasteiger partial charge < -0.3 is 19.5 Å². The fraction of sp³-hybridized carbons (Fsp3) is 0.250. The number of carbonyl (C=O) groups excluding carboxylic acids is 2. The molecule has 3 aromatic carbocycles. The van der Waals surface area contributed by atoms with E-state index < -0.39 is 24.0 Å². The molecule has 0 unspecified atom stereocenters. The first-order chi connectivity index (χ1) is 18.3. The first-order valence-corrected chi connectivity index (χ1v) is 12.7. The fourth-order valence-electron chi connectivity index (χ4n) is 3.45. The van der Waals surface area contributed by atoms with Crippen LogP contribution in [-0.2, 0) is 16.0 Å². The minimum atomic E-state index is -0.931. The first kappa shape index (κ1) is 28.8. The molecular formula is C28H29Cl2N3O5. The maximum atomic E-state index is 13.0. The third-order valence-corrected chi connectivity index (χ3v) is 5.89. The first-order valence-electron chi connectivity index (χ1n) is 11.9. The Morgan fingerprint density at radius 1 is 0.974 bits per heavy atom. The number of ether oxygens (including phenoxy) is 3. The molecule has 2 atom stereocenters. The molecule has 0 aliphatic heterocycles. The molecule has 2 N–H and O–H groups in total. The quantitative estimate of drug-likeness (QED) is 0.240. The molecule has 0 saturated carbocycles. The molecule has 3 rings (SSSR count). The molecule has 0 bridgehead atoms. The average Bonchev–Trinajstić information content (AvgIpc) is 2.91. The molecule has 0 aliphatic carbocycles. The van der Waals surface area contributed by atoms with E-state index in [2.05, 4.69) is 15.8 Å². The smallest absolute Gasteiger partial charge is 0.262 e. The van der Waals surface area contributed by atoms with Crippen molar-refractivity contribution in [3.05, 3.63) is 87.9 Å². The van der Waals surface area contributed by atoms with Crippen molar-refractivity contribution in [2.24, 2.45) is 5.10 Å². The molecule has 38 heavy (non-hydrogen) atoms. The molecule has 200 valence electrons. The molecule has 8 nitrogen and oxygen atoms in total. The maximum Gasteiger partial charge on any atom is 0.262 e. The highest BCUT2D eigenvalue weighted by Gasteiger charge is 2.25. The molecule has 2 amide bonds. The van der Waals surface area contributed by atoms with Crippen LogP contribution < -0.4 is 25.0 Å². The van der Waals surface area contributed by atoms with Crippen LogP contribution in [0.5, 0.6) is 17.2 Å². The summed E-state index contributed by atoms with van der Waals surface area (Å²) in [5.74, 6) is 0.475. The van der Waals surface area contributed by atoms with Crippen LogP contribution in [0.1, 0.15) is 25.0 Å². The van der Waals surface area contributed by atoms with E-state index in [1.807, 2.05) is 37.3 Å². The van der Waals surface area contributed by atoms with Crippen LogP contribution in [0.3, 0.4) is 0 Å². The highest BCUT2D eigenvalue weighted by molar-refractivity contribution is 6.35. The second-order valence-corrected chi connectivity index (χ2v) is 9.01. The van der Waals surface area contributed by atoms with Gasteiger partial charge in [0.2, 0.25) is 0 Å². The lowest BCUT2D eigenvalue weighted by molar-refractivity contribution is -0.132. The minimum absolute atomic E-state index is 0.249. The predicted molar refractivity (Wildman–Crippen MR) is 149 cm³/mol. The number of halogens is 2. The van der Waals surface area contributed by atoms with Crippen molar-refractivity contribution in [2.75, 3.05) is 13.7 Å². The van der Waals surface area contributed by atoms with E-state index in [9.17, 15) is 9.59 Å². The zero-order valence-electron chi connectivity index (χ0n) is 21.2. The number of nitrogens with zero attached hydrogens (tertiary/aromatic N) is 1. The van der Waals surface area contributed by atoms with E-state index >= 15 is 0 Å². The van der Waals surface area contributed by atoms with Gasteiger partial charge in [-0.25, -0.2) is 5.43 Å². The number of benzene rings is 3. The summed E-state index contributed by atoms with van der Waals surface area (Å²) in [6.07, 6.45) is 0.796. The Bertz CT molecular complexity index is 1270. The molecule has 0 saturated heterocycles. The van der Waals surface area contributed by atoms with Crippen molar-refractivity contribution < 1.29 is 23.8 Å². The molecule has 10 heteroatoms. The van der Waals surface area contributed by atoms with Crippen LogP contribution in [0.4, 0.5) is 0 Å². The Kier molecular flexibility index (Phi) is 10.8. The summed E-state index contributed by atoms with van der Waals surface area (Å²) in [5.41, 5.74) is 4.06. The molecule has 0 aromatic heterocycles. The van der Waals surface area contributed by atoms with Gasteiger partial charge in [-0.3, -0.25) is 9.59 Å². The lowest BCUT2D eigenvalue weighted by Gasteiger charge is -2.21. The average molecular weight is 558 g/mol. The van der Waals surface area contributed by atoms with Gasteiger partial charge in [-0.05, 0) is 61.4 Å². The Labute approximate surface area is 231 Å². The topological polar surface area (TPSA) is 98.2 Å². The van der Waals surface area contributed by atoms with Crippen molar-refractivity contribution in [1.29, 1.82) is 0 Å².